The zero-order valence-electron chi connectivity index (χ0n) is 12.5. The van der Waals surface area contributed by atoms with Crippen LogP contribution in [0.5, 0.6) is 0 Å². The summed E-state index contributed by atoms with van der Waals surface area (Å²) in [6.45, 7) is 7.89. The van der Waals surface area contributed by atoms with Crippen molar-refractivity contribution in [3.05, 3.63) is 18.0 Å². The number of nitrogens with zero attached hydrogens (tertiary/aromatic N) is 2. The Balaban J connectivity index is 2.03. The Labute approximate surface area is 116 Å². The van der Waals surface area contributed by atoms with Gasteiger partial charge in [0.1, 0.15) is 0 Å². The molecule has 0 amide bonds. The van der Waals surface area contributed by atoms with Crippen molar-refractivity contribution in [1.82, 2.24) is 15.2 Å². The van der Waals surface area contributed by atoms with E-state index < -0.39 is 0 Å². The number of aryl methyl sites for hydroxylation is 1. The van der Waals surface area contributed by atoms with E-state index in [2.05, 4.69) is 37.5 Å². The zero-order chi connectivity index (χ0) is 13.9. The first kappa shape index (κ1) is 14.5. The van der Waals surface area contributed by atoms with Crippen molar-refractivity contribution in [1.29, 1.82) is 0 Å². The number of rotatable bonds is 5. The number of hydrazine groups is 1. The van der Waals surface area contributed by atoms with E-state index in [1.54, 1.807) is 0 Å². The van der Waals surface area contributed by atoms with Gasteiger partial charge in [-0.2, -0.15) is 5.10 Å². The van der Waals surface area contributed by atoms with Crippen LogP contribution in [-0.2, 0) is 6.54 Å². The Bertz CT molecular complexity index is 387. The van der Waals surface area contributed by atoms with Gasteiger partial charge in [0.25, 0.3) is 0 Å². The van der Waals surface area contributed by atoms with Gasteiger partial charge in [0.05, 0.1) is 12.2 Å². The molecular weight excluding hydrogens is 236 g/mol. The summed E-state index contributed by atoms with van der Waals surface area (Å²) in [6, 6.07) is 0.252. The predicted octanol–water partition coefficient (Wildman–Crippen LogP) is 3.01. The monoisotopic (exact) mass is 264 g/mol. The number of hydrogen-bond donors (Lipinski definition) is 2. The molecule has 0 saturated heterocycles. The summed E-state index contributed by atoms with van der Waals surface area (Å²) in [5.74, 6) is 6.44. The molecule has 1 unspecified atom stereocenters. The van der Waals surface area contributed by atoms with Gasteiger partial charge in [-0.3, -0.25) is 16.0 Å². The smallest absolute Gasteiger partial charge is 0.0538 e. The minimum absolute atomic E-state index is 0.252. The van der Waals surface area contributed by atoms with E-state index in [-0.39, 0.29) is 6.04 Å². The van der Waals surface area contributed by atoms with E-state index in [4.69, 9.17) is 5.84 Å². The van der Waals surface area contributed by atoms with Crippen molar-refractivity contribution in [2.45, 2.75) is 65.5 Å². The molecule has 1 heterocycles. The molecule has 1 aromatic rings. The second kappa shape index (κ2) is 6.06. The minimum Gasteiger partial charge on any atom is -0.272 e. The molecule has 0 aromatic carbocycles. The third kappa shape index (κ3) is 3.57. The molecule has 4 heteroatoms. The van der Waals surface area contributed by atoms with Gasteiger partial charge in [-0.05, 0) is 43.4 Å². The van der Waals surface area contributed by atoms with Crippen molar-refractivity contribution in [2.75, 3.05) is 0 Å². The lowest BCUT2D eigenvalue weighted by Crippen LogP contribution is -2.36. The van der Waals surface area contributed by atoms with Crippen LogP contribution in [0.15, 0.2) is 12.4 Å². The summed E-state index contributed by atoms with van der Waals surface area (Å²) < 4.78 is 2.02. The van der Waals surface area contributed by atoms with Crippen molar-refractivity contribution in [3.8, 4) is 0 Å². The Hall–Kier alpha value is -0.870. The van der Waals surface area contributed by atoms with Gasteiger partial charge in [0.2, 0.25) is 0 Å². The van der Waals surface area contributed by atoms with Crippen LogP contribution in [0.3, 0.4) is 0 Å². The number of aromatic nitrogens is 2. The lowest BCUT2D eigenvalue weighted by Gasteiger charge is -2.37. The van der Waals surface area contributed by atoms with Gasteiger partial charge in [-0.25, -0.2) is 0 Å². The third-order valence-electron chi connectivity index (χ3n) is 4.50. The summed E-state index contributed by atoms with van der Waals surface area (Å²) in [5, 5.41) is 4.42. The van der Waals surface area contributed by atoms with Gasteiger partial charge in [-0.15, -0.1) is 0 Å². The van der Waals surface area contributed by atoms with Gasteiger partial charge >= 0.3 is 0 Å². The van der Waals surface area contributed by atoms with Crippen LogP contribution in [-0.4, -0.2) is 9.78 Å². The molecule has 19 heavy (non-hydrogen) atoms. The standard InChI is InChI=1S/C15H28N4/c1-4-9-19-11-13(10-17-19)14(18-16)12-5-7-15(2,3)8-6-12/h10-12,14,18H,4-9,16H2,1-3H3. The minimum atomic E-state index is 0.252. The molecular formula is C15H28N4. The van der Waals surface area contributed by atoms with E-state index in [0.29, 0.717) is 11.3 Å². The molecule has 2 rings (SSSR count). The summed E-state index contributed by atoms with van der Waals surface area (Å²) in [6.07, 6.45) is 10.3. The van der Waals surface area contributed by atoms with E-state index in [1.807, 2.05) is 10.9 Å². The first-order valence-electron chi connectivity index (χ1n) is 7.54. The fourth-order valence-corrected chi connectivity index (χ4v) is 3.15. The van der Waals surface area contributed by atoms with Crippen molar-refractivity contribution >= 4 is 0 Å². The van der Waals surface area contributed by atoms with Crippen molar-refractivity contribution < 1.29 is 0 Å². The maximum atomic E-state index is 5.80. The molecule has 0 spiro atoms. The summed E-state index contributed by atoms with van der Waals surface area (Å²) >= 11 is 0. The van der Waals surface area contributed by atoms with Crippen LogP contribution in [0.2, 0.25) is 0 Å². The Morgan fingerprint density at radius 2 is 2.16 bits per heavy atom. The highest BCUT2D eigenvalue weighted by Gasteiger charge is 2.32. The molecule has 1 fully saturated rings. The first-order chi connectivity index (χ1) is 9.05. The highest BCUT2D eigenvalue weighted by atomic mass is 15.3. The summed E-state index contributed by atoms with van der Waals surface area (Å²) in [4.78, 5) is 0. The lowest BCUT2D eigenvalue weighted by atomic mass is 9.70. The number of hydrogen-bond acceptors (Lipinski definition) is 3. The van der Waals surface area contributed by atoms with Crippen LogP contribution in [0.1, 0.15) is 64.5 Å². The van der Waals surface area contributed by atoms with Gasteiger partial charge in [0, 0.05) is 18.3 Å². The van der Waals surface area contributed by atoms with E-state index in [0.717, 1.165) is 13.0 Å². The van der Waals surface area contributed by atoms with Crippen LogP contribution >= 0.6 is 0 Å². The summed E-state index contributed by atoms with van der Waals surface area (Å²) in [7, 11) is 0. The van der Waals surface area contributed by atoms with Gasteiger partial charge in [0.15, 0.2) is 0 Å². The molecule has 1 aliphatic carbocycles. The molecule has 1 atom stereocenters. The average Bonchev–Trinajstić information content (AvgIpc) is 2.81. The second-order valence-electron chi connectivity index (χ2n) is 6.68. The molecule has 0 bridgehead atoms. The molecule has 1 aromatic heterocycles. The largest absolute Gasteiger partial charge is 0.272 e. The SMILES string of the molecule is CCCn1cc(C(NN)C2CCC(C)(C)CC2)cn1. The van der Waals surface area contributed by atoms with Crippen LogP contribution < -0.4 is 11.3 Å². The molecule has 0 radical (unpaired) electrons. The predicted molar refractivity (Wildman–Crippen MR) is 78.3 cm³/mol. The number of nitrogens with one attached hydrogen (secondary N) is 1. The Morgan fingerprint density at radius 1 is 1.47 bits per heavy atom. The highest BCUT2D eigenvalue weighted by molar-refractivity contribution is 5.12. The molecule has 1 aliphatic rings. The first-order valence-corrected chi connectivity index (χ1v) is 7.54. The van der Waals surface area contributed by atoms with Crippen LogP contribution in [0.4, 0.5) is 0 Å². The Kier molecular flexibility index (Phi) is 4.63. The fraction of sp³-hybridized carbons (Fsp3) is 0.800. The highest BCUT2D eigenvalue weighted by Crippen LogP contribution is 2.42. The molecule has 1 saturated carbocycles. The molecule has 4 nitrogen and oxygen atoms in total. The quantitative estimate of drug-likeness (QED) is 0.635. The molecule has 0 aliphatic heterocycles. The topological polar surface area (TPSA) is 55.9 Å². The van der Waals surface area contributed by atoms with E-state index in [1.165, 1.54) is 31.2 Å². The van der Waals surface area contributed by atoms with E-state index >= 15 is 0 Å². The van der Waals surface area contributed by atoms with E-state index in [9.17, 15) is 0 Å². The summed E-state index contributed by atoms with van der Waals surface area (Å²) in [5.41, 5.74) is 4.76. The maximum Gasteiger partial charge on any atom is 0.0538 e. The maximum absolute atomic E-state index is 5.80. The van der Waals surface area contributed by atoms with Gasteiger partial charge in [-0.1, -0.05) is 20.8 Å². The average molecular weight is 264 g/mol. The zero-order valence-corrected chi connectivity index (χ0v) is 12.5. The lowest BCUT2D eigenvalue weighted by molar-refractivity contribution is 0.161. The molecule has 3 N–H and O–H groups in total. The normalized spacial score (nSPS) is 21.5. The molecule has 108 valence electrons. The third-order valence-corrected chi connectivity index (χ3v) is 4.50. The van der Waals surface area contributed by atoms with Crippen LogP contribution in [0.25, 0.3) is 0 Å². The van der Waals surface area contributed by atoms with Crippen molar-refractivity contribution in [3.63, 3.8) is 0 Å². The number of nitrogens with two attached hydrogens (primary N) is 1. The second-order valence-corrected chi connectivity index (χ2v) is 6.68. The van der Waals surface area contributed by atoms with Gasteiger partial charge < -0.3 is 0 Å². The van der Waals surface area contributed by atoms with Crippen LogP contribution in [0, 0.1) is 11.3 Å². The Morgan fingerprint density at radius 3 is 2.74 bits per heavy atom. The fourth-order valence-electron chi connectivity index (χ4n) is 3.15. The van der Waals surface area contributed by atoms with Crippen molar-refractivity contribution in [2.24, 2.45) is 17.2 Å².